The number of phosphoric acid groups is 1. The molecule has 0 aliphatic heterocycles. The summed E-state index contributed by atoms with van der Waals surface area (Å²) in [5.41, 5.74) is 0. The Morgan fingerprint density at radius 3 is 1.53 bits per heavy atom. The molecule has 0 radical (unpaired) electrons. The van der Waals surface area contributed by atoms with E-state index in [-0.39, 0.29) is 32.6 Å². The zero-order chi connectivity index (χ0) is 34.9. The second kappa shape index (κ2) is 32.8. The molecule has 2 atom stereocenters. The van der Waals surface area contributed by atoms with Gasteiger partial charge in [0.25, 0.3) is 0 Å². The number of unbranched alkanes of at least 4 members (excludes halogenated alkanes) is 20. The molecule has 0 rings (SSSR count). The van der Waals surface area contributed by atoms with Crippen LogP contribution in [0.4, 0.5) is 0 Å². The quantitative estimate of drug-likeness (QED) is 0.0289. The van der Waals surface area contributed by atoms with Crippen molar-refractivity contribution >= 4 is 25.7 Å². The van der Waals surface area contributed by atoms with Crippen molar-refractivity contribution in [3.05, 3.63) is 12.7 Å². The second-order valence-electron chi connectivity index (χ2n) is 12.5. The SMILES string of the molecule is C=CC(=O)NCCOP(=O)(O)OC[C@@H](COC(=O)CCCCCCCCCCCCC)OC(=O)CCCCCCCCCCCCC. The Balaban J connectivity index is 4.46. The molecule has 0 aromatic heterocycles. The Bertz CT molecular complexity index is 839. The standard InChI is InChI=1S/C36H68NO9P/c1-4-7-9-11-13-15-17-19-21-23-25-27-35(39)43-31-33(32-45-47(41,42)44-30-29-37-34(38)6-3)46-36(40)28-26-24-22-20-18-16-14-12-10-8-5-2/h6,33H,3-5,7-32H2,1-2H3,(H,37,38)(H,41,42)/t33-/m1/s1. The highest BCUT2D eigenvalue weighted by atomic mass is 31.2. The largest absolute Gasteiger partial charge is 0.472 e. The van der Waals surface area contributed by atoms with Gasteiger partial charge in [-0.2, -0.15) is 0 Å². The second-order valence-corrected chi connectivity index (χ2v) is 13.9. The minimum absolute atomic E-state index is 0.0210. The molecule has 0 fully saturated rings. The van der Waals surface area contributed by atoms with Crippen molar-refractivity contribution in [1.29, 1.82) is 0 Å². The van der Waals surface area contributed by atoms with E-state index in [0.29, 0.717) is 6.42 Å². The molecule has 47 heavy (non-hydrogen) atoms. The van der Waals surface area contributed by atoms with Crippen LogP contribution in [0.5, 0.6) is 0 Å². The van der Waals surface area contributed by atoms with E-state index in [9.17, 15) is 23.8 Å². The predicted molar refractivity (Wildman–Crippen MR) is 188 cm³/mol. The van der Waals surface area contributed by atoms with Crippen molar-refractivity contribution < 1.29 is 42.4 Å². The molecule has 0 heterocycles. The Morgan fingerprint density at radius 2 is 1.09 bits per heavy atom. The van der Waals surface area contributed by atoms with E-state index >= 15 is 0 Å². The summed E-state index contributed by atoms with van der Waals surface area (Å²) >= 11 is 0. The van der Waals surface area contributed by atoms with Crippen molar-refractivity contribution in [3.8, 4) is 0 Å². The lowest BCUT2D eigenvalue weighted by Gasteiger charge is -2.20. The molecule has 11 heteroatoms. The lowest BCUT2D eigenvalue weighted by Crippen LogP contribution is -2.30. The highest BCUT2D eigenvalue weighted by Gasteiger charge is 2.26. The molecule has 0 saturated heterocycles. The van der Waals surface area contributed by atoms with Gasteiger partial charge in [0.1, 0.15) is 6.61 Å². The highest BCUT2D eigenvalue weighted by Crippen LogP contribution is 2.43. The summed E-state index contributed by atoms with van der Waals surface area (Å²) in [6.07, 6.45) is 26.2. The number of amides is 1. The molecule has 0 aromatic rings. The molecule has 2 N–H and O–H groups in total. The number of hydrogen-bond acceptors (Lipinski definition) is 8. The van der Waals surface area contributed by atoms with Crippen molar-refractivity contribution in [2.24, 2.45) is 0 Å². The fourth-order valence-electron chi connectivity index (χ4n) is 5.11. The number of esters is 2. The molecular weight excluding hydrogens is 621 g/mol. The van der Waals surface area contributed by atoms with E-state index in [1.807, 2.05) is 0 Å². The summed E-state index contributed by atoms with van der Waals surface area (Å²) in [5, 5.41) is 2.42. The molecule has 0 bridgehead atoms. The minimum Gasteiger partial charge on any atom is -0.462 e. The van der Waals surface area contributed by atoms with Gasteiger partial charge in [0.05, 0.1) is 13.2 Å². The van der Waals surface area contributed by atoms with Gasteiger partial charge in [-0.3, -0.25) is 23.4 Å². The van der Waals surface area contributed by atoms with Crippen LogP contribution in [-0.4, -0.2) is 55.2 Å². The fourth-order valence-corrected chi connectivity index (χ4v) is 5.86. The summed E-state index contributed by atoms with van der Waals surface area (Å²) in [6.45, 7) is 6.71. The third-order valence-corrected chi connectivity index (χ3v) is 8.95. The first-order chi connectivity index (χ1) is 22.7. The summed E-state index contributed by atoms with van der Waals surface area (Å²) in [7, 11) is -4.50. The van der Waals surface area contributed by atoms with Crippen LogP contribution >= 0.6 is 7.82 Å². The number of carbonyl (C=O) groups is 3. The monoisotopic (exact) mass is 689 g/mol. The van der Waals surface area contributed by atoms with Gasteiger partial charge in [0, 0.05) is 19.4 Å². The lowest BCUT2D eigenvalue weighted by molar-refractivity contribution is -0.161. The van der Waals surface area contributed by atoms with Crippen molar-refractivity contribution in [2.45, 2.75) is 174 Å². The van der Waals surface area contributed by atoms with E-state index in [0.717, 1.165) is 44.6 Å². The van der Waals surface area contributed by atoms with Gasteiger partial charge in [0.15, 0.2) is 6.10 Å². The molecule has 0 aromatic carbocycles. The predicted octanol–water partition coefficient (Wildman–Crippen LogP) is 9.28. The molecule has 10 nitrogen and oxygen atoms in total. The number of phosphoric ester groups is 1. The van der Waals surface area contributed by atoms with Gasteiger partial charge in [0.2, 0.25) is 5.91 Å². The van der Waals surface area contributed by atoms with E-state index in [1.54, 1.807) is 0 Å². The first kappa shape index (κ1) is 45.3. The van der Waals surface area contributed by atoms with Crippen molar-refractivity contribution in [3.63, 3.8) is 0 Å². The maximum Gasteiger partial charge on any atom is 0.472 e. The van der Waals surface area contributed by atoms with Crippen LogP contribution in [0, 0.1) is 0 Å². The Kier molecular flexibility index (Phi) is 31.6. The lowest BCUT2D eigenvalue weighted by atomic mass is 10.1. The summed E-state index contributed by atoms with van der Waals surface area (Å²) in [5.74, 6) is -1.33. The van der Waals surface area contributed by atoms with Gasteiger partial charge < -0.3 is 19.7 Å². The molecule has 276 valence electrons. The van der Waals surface area contributed by atoms with E-state index in [4.69, 9.17) is 18.5 Å². The number of hydrogen-bond donors (Lipinski definition) is 2. The molecule has 0 spiro atoms. The zero-order valence-corrected chi connectivity index (χ0v) is 30.7. The van der Waals surface area contributed by atoms with Crippen molar-refractivity contribution in [1.82, 2.24) is 5.32 Å². The van der Waals surface area contributed by atoms with Crippen molar-refractivity contribution in [2.75, 3.05) is 26.4 Å². The van der Waals surface area contributed by atoms with Crippen LogP contribution in [0.1, 0.15) is 168 Å². The topological polar surface area (TPSA) is 137 Å². The highest BCUT2D eigenvalue weighted by molar-refractivity contribution is 7.47. The molecular formula is C36H68NO9P. The number of nitrogens with one attached hydrogen (secondary N) is 1. The van der Waals surface area contributed by atoms with E-state index < -0.39 is 38.4 Å². The van der Waals surface area contributed by atoms with Gasteiger partial charge in [-0.1, -0.05) is 149 Å². The Labute approximate surface area is 286 Å². The van der Waals surface area contributed by atoms with Crippen LogP contribution in [0.3, 0.4) is 0 Å². The maximum atomic E-state index is 12.5. The van der Waals surface area contributed by atoms with Crippen LogP contribution in [0.25, 0.3) is 0 Å². The number of rotatable bonds is 35. The fraction of sp³-hybridized carbons (Fsp3) is 0.861. The average Bonchev–Trinajstić information content (AvgIpc) is 3.05. The van der Waals surface area contributed by atoms with E-state index in [1.165, 1.54) is 96.3 Å². The van der Waals surface area contributed by atoms with Crippen LogP contribution in [0.15, 0.2) is 12.7 Å². The maximum absolute atomic E-state index is 12.5. The third kappa shape index (κ3) is 32.6. The van der Waals surface area contributed by atoms with E-state index in [2.05, 4.69) is 25.7 Å². The summed E-state index contributed by atoms with van der Waals surface area (Å²) in [4.78, 5) is 46.1. The van der Waals surface area contributed by atoms with Gasteiger partial charge in [-0.25, -0.2) is 4.57 Å². The number of ether oxygens (including phenoxy) is 2. The zero-order valence-electron chi connectivity index (χ0n) is 29.8. The van der Waals surface area contributed by atoms with Gasteiger partial charge in [-0.15, -0.1) is 0 Å². The first-order valence-electron chi connectivity index (χ1n) is 18.6. The average molecular weight is 690 g/mol. The minimum atomic E-state index is -4.50. The van der Waals surface area contributed by atoms with Crippen LogP contribution < -0.4 is 5.32 Å². The Morgan fingerprint density at radius 1 is 0.660 bits per heavy atom. The molecule has 0 aliphatic rings. The van der Waals surface area contributed by atoms with Crippen LogP contribution in [0.2, 0.25) is 0 Å². The normalized spacial score (nSPS) is 13.1. The molecule has 1 unspecified atom stereocenters. The third-order valence-electron chi connectivity index (χ3n) is 7.96. The summed E-state index contributed by atoms with van der Waals surface area (Å²) < 4.78 is 33.0. The Hall–Kier alpha value is -1.74. The molecule has 1 amide bonds. The first-order valence-corrected chi connectivity index (χ1v) is 20.1. The smallest absolute Gasteiger partial charge is 0.462 e. The van der Waals surface area contributed by atoms with Gasteiger partial charge >= 0.3 is 19.8 Å². The summed E-state index contributed by atoms with van der Waals surface area (Å²) in [6, 6.07) is 0. The molecule has 0 saturated carbocycles. The van der Waals surface area contributed by atoms with Gasteiger partial charge in [-0.05, 0) is 18.9 Å². The number of carbonyl (C=O) groups excluding carboxylic acids is 3. The molecule has 0 aliphatic carbocycles. The van der Waals surface area contributed by atoms with Crippen LogP contribution in [-0.2, 0) is 37.5 Å².